The number of carboxylic acids is 1. The molecule has 1 aliphatic heterocycles. The lowest BCUT2D eigenvalue weighted by atomic mass is 9.98. The van der Waals surface area contributed by atoms with Crippen LogP contribution in [0.3, 0.4) is 0 Å². The zero-order chi connectivity index (χ0) is 10.3. The smallest absolute Gasteiger partial charge is 0.356 e. The Morgan fingerprint density at radius 1 is 1.43 bits per heavy atom. The van der Waals surface area contributed by atoms with Crippen LogP contribution in [-0.4, -0.2) is 17.0 Å². The molecule has 4 nitrogen and oxygen atoms in total. The number of aliphatic carboxylic acids is 1. The molecular weight excluding hydrogens is 189 g/mol. The van der Waals surface area contributed by atoms with Crippen molar-refractivity contribution in [3.05, 3.63) is 29.8 Å². The van der Waals surface area contributed by atoms with Crippen molar-refractivity contribution in [1.82, 2.24) is 0 Å². The molecule has 1 unspecified atom stereocenters. The number of para-hydroxylation sites is 1. The van der Waals surface area contributed by atoms with Crippen molar-refractivity contribution in [1.29, 1.82) is 0 Å². The molecule has 2 N–H and O–H groups in total. The highest BCUT2D eigenvalue weighted by Crippen LogP contribution is 2.38. The van der Waals surface area contributed by atoms with Gasteiger partial charge in [0.15, 0.2) is 0 Å². The Balaban J connectivity index is 2.66. The number of amides is 1. The number of alkyl halides is 1. The third kappa shape index (κ3) is 0.863. The lowest BCUT2D eigenvalue weighted by Gasteiger charge is -2.10. The Morgan fingerprint density at radius 2 is 2.07 bits per heavy atom. The van der Waals surface area contributed by atoms with E-state index in [0.717, 1.165) is 0 Å². The van der Waals surface area contributed by atoms with Crippen LogP contribution in [0.25, 0.3) is 0 Å². The topological polar surface area (TPSA) is 66.4 Å². The van der Waals surface area contributed by atoms with E-state index in [2.05, 4.69) is 5.32 Å². The van der Waals surface area contributed by atoms with Gasteiger partial charge < -0.3 is 10.4 Å². The normalized spacial score (nSPS) is 24.2. The Bertz CT molecular complexity index is 432. The number of anilines is 1. The number of rotatable bonds is 1. The summed E-state index contributed by atoms with van der Waals surface area (Å²) in [5.74, 6) is -2.94. The van der Waals surface area contributed by atoms with E-state index in [4.69, 9.17) is 5.11 Å². The van der Waals surface area contributed by atoms with Gasteiger partial charge in [0, 0.05) is 11.3 Å². The van der Waals surface area contributed by atoms with Crippen molar-refractivity contribution in [3.63, 3.8) is 0 Å². The number of hydrogen-bond donors (Lipinski definition) is 2. The fourth-order valence-electron chi connectivity index (χ4n) is 1.44. The van der Waals surface area contributed by atoms with Crippen molar-refractivity contribution in [3.8, 4) is 0 Å². The van der Waals surface area contributed by atoms with Gasteiger partial charge in [-0.05, 0) is 6.07 Å². The minimum absolute atomic E-state index is 0.141. The first kappa shape index (κ1) is 8.68. The second kappa shape index (κ2) is 2.54. The molecule has 2 rings (SSSR count). The van der Waals surface area contributed by atoms with E-state index >= 15 is 0 Å². The minimum atomic E-state index is -2.95. The van der Waals surface area contributed by atoms with Gasteiger partial charge in [-0.1, -0.05) is 18.2 Å². The number of carboxylic acid groups (broad SMARTS) is 1. The van der Waals surface area contributed by atoms with Gasteiger partial charge in [0.1, 0.15) is 0 Å². The summed E-state index contributed by atoms with van der Waals surface area (Å²) in [4.78, 5) is 21.8. The van der Waals surface area contributed by atoms with Crippen LogP contribution in [0.2, 0.25) is 0 Å². The van der Waals surface area contributed by atoms with Gasteiger partial charge in [0.05, 0.1) is 0 Å². The molecular formula is C9H6FNO3. The summed E-state index contributed by atoms with van der Waals surface area (Å²) in [6, 6.07) is 5.81. The quantitative estimate of drug-likeness (QED) is 0.654. The number of carbonyl (C=O) groups is 2. The summed E-state index contributed by atoms with van der Waals surface area (Å²) in [7, 11) is 0. The fourth-order valence-corrected chi connectivity index (χ4v) is 1.44. The summed E-state index contributed by atoms with van der Waals surface area (Å²) < 4.78 is 13.8. The molecule has 0 saturated heterocycles. The number of nitrogens with one attached hydrogen (secondary N) is 1. The van der Waals surface area contributed by atoms with Gasteiger partial charge in [0.2, 0.25) is 0 Å². The van der Waals surface area contributed by atoms with Gasteiger partial charge in [-0.15, -0.1) is 0 Å². The Kier molecular flexibility index (Phi) is 1.57. The number of carbonyl (C=O) groups excluding carboxylic acids is 1. The van der Waals surface area contributed by atoms with Gasteiger partial charge in [-0.3, -0.25) is 4.79 Å². The molecule has 0 saturated carbocycles. The summed E-state index contributed by atoms with van der Waals surface area (Å²) in [6.07, 6.45) is 0. The average molecular weight is 195 g/mol. The lowest BCUT2D eigenvalue weighted by Crippen LogP contribution is -2.37. The third-order valence-corrected chi connectivity index (χ3v) is 2.15. The third-order valence-electron chi connectivity index (χ3n) is 2.15. The molecule has 14 heavy (non-hydrogen) atoms. The van der Waals surface area contributed by atoms with Crippen LogP contribution in [0.15, 0.2) is 24.3 Å². The van der Waals surface area contributed by atoms with Crippen molar-refractivity contribution >= 4 is 17.6 Å². The van der Waals surface area contributed by atoms with Crippen LogP contribution in [0.5, 0.6) is 0 Å². The highest BCUT2D eigenvalue weighted by atomic mass is 19.1. The predicted octanol–water partition coefficient (Wildman–Crippen LogP) is 0.888. The monoisotopic (exact) mass is 195 g/mol. The molecule has 0 aromatic heterocycles. The molecule has 0 spiro atoms. The van der Waals surface area contributed by atoms with Crippen LogP contribution >= 0.6 is 0 Å². The molecule has 72 valence electrons. The van der Waals surface area contributed by atoms with E-state index in [1.807, 2.05) is 0 Å². The van der Waals surface area contributed by atoms with Crippen LogP contribution in [0.4, 0.5) is 10.1 Å². The second-order valence-corrected chi connectivity index (χ2v) is 2.96. The maximum atomic E-state index is 13.8. The van der Waals surface area contributed by atoms with Crippen LogP contribution in [0.1, 0.15) is 5.56 Å². The molecule has 1 aromatic rings. The predicted molar refractivity (Wildman–Crippen MR) is 45.5 cm³/mol. The largest absolute Gasteiger partial charge is 0.478 e. The maximum Gasteiger partial charge on any atom is 0.356 e. The molecule has 0 radical (unpaired) electrons. The minimum Gasteiger partial charge on any atom is -0.478 e. The molecule has 1 amide bonds. The highest BCUT2D eigenvalue weighted by molar-refractivity contribution is 6.17. The Hall–Kier alpha value is -1.91. The maximum absolute atomic E-state index is 13.8. The SMILES string of the molecule is O=C(O)C1(F)C(=O)Nc2ccccc21. The van der Waals surface area contributed by atoms with E-state index in [9.17, 15) is 14.0 Å². The van der Waals surface area contributed by atoms with E-state index < -0.39 is 17.5 Å². The van der Waals surface area contributed by atoms with Crippen LogP contribution in [0, 0.1) is 0 Å². The first-order chi connectivity index (χ1) is 6.56. The van der Waals surface area contributed by atoms with Gasteiger partial charge in [-0.25, -0.2) is 9.18 Å². The number of fused-ring (bicyclic) bond motifs is 1. The van der Waals surface area contributed by atoms with Crippen molar-refractivity contribution < 1.29 is 19.1 Å². The van der Waals surface area contributed by atoms with Crippen LogP contribution < -0.4 is 5.32 Å². The molecule has 1 aliphatic rings. The zero-order valence-electron chi connectivity index (χ0n) is 6.95. The Labute approximate surface area is 78.4 Å². The fraction of sp³-hybridized carbons (Fsp3) is 0.111. The van der Waals surface area contributed by atoms with Crippen molar-refractivity contribution in [2.45, 2.75) is 5.67 Å². The zero-order valence-corrected chi connectivity index (χ0v) is 6.95. The second-order valence-electron chi connectivity index (χ2n) is 2.96. The molecule has 1 atom stereocenters. The number of hydrogen-bond acceptors (Lipinski definition) is 2. The average Bonchev–Trinajstić information content (AvgIpc) is 2.41. The lowest BCUT2D eigenvalue weighted by molar-refractivity contribution is -0.156. The summed E-state index contributed by atoms with van der Waals surface area (Å²) in [5.41, 5.74) is -2.88. The number of benzene rings is 1. The first-order valence-electron chi connectivity index (χ1n) is 3.90. The summed E-state index contributed by atoms with van der Waals surface area (Å²) >= 11 is 0. The van der Waals surface area contributed by atoms with Crippen molar-refractivity contribution in [2.75, 3.05) is 5.32 Å². The molecule has 0 fully saturated rings. The molecule has 1 aromatic carbocycles. The standard InChI is InChI=1S/C9H6FNO3/c10-9(8(13)14)5-3-1-2-4-6(5)11-7(9)12/h1-4H,(H,11,12)(H,13,14). The van der Waals surface area contributed by atoms with E-state index in [1.165, 1.54) is 18.2 Å². The van der Waals surface area contributed by atoms with Gasteiger partial charge in [-0.2, -0.15) is 0 Å². The Morgan fingerprint density at radius 3 is 2.71 bits per heavy atom. The molecule has 0 aliphatic carbocycles. The van der Waals surface area contributed by atoms with Crippen molar-refractivity contribution in [2.24, 2.45) is 0 Å². The van der Waals surface area contributed by atoms with E-state index in [0.29, 0.717) is 0 Å². The summed E-state index contributed by atoms with van der Waals surface area (Å²) in [6.45, 7) is 0. The van der Waals surface area contributed by atoms with Gasteiger partial charge in [0.25, 0.3) is 5.91 Å². The van der Waals surface area contributed by atoms with Gasteiger partial charge >= 0.3 is 11.6 Å². The van der Waals surface area contributed by atoms with E-state index in [1.54, 1.807) is 6.07 Å². The molecule has 0 bridgehead atoms. The molecule has 5 heteroatoms. The van der Waals surface area contributed by atoms with E-state index in [-0.39, 0.29) is 11.3 Å². The number of halogens is 1. The molecule has 1 heterocycles. The first-order valence-corrected chi connectivity index (χ1v) is 3.90. The van der Waals surface area contributed by atoms with Crippen LogP contribution in [-0.2, 0) is 15.3 Å². The summed E-state index contributed by atoms with van der Waals surface area (Å²) in [5, 5.41) is 10.8. The highest BCUT2D eigenvalue weighted by Gasteiger charge is 2.54.